The van der Waals surface area contributed by atoms with Crippen molar-refractivity contribution in [1.82, 2.24) is 0 Å². The van der Waals surface area contributed by atoms with Crippen LogP contribution in [0.3, 0.4) is 0 Å². The molecule has 4 heterocycles. The molecule has 0 aliphatic carbocycles. The number of benzene rings is 2. The maximum absolute atomic E-state index is 11.4. The van der Waals surface area contributed by atoms with Crippen molar-refractivity contribution in [3.05, 3.63) is 81.6 Å². The molecule has 0 radical (unpaired) electrons. The Morgan fingerprint density at radius 2 is 1.67 bits per heavy atom. The third-order valence-electron chi connectivity index (χ3n) is 6.92. The quantitative estimate of drug-likeness (QED) is 0.129. The molecule has 224 valence electrons. The summed E-state index contributed by atoms with van der Waals surface area (Å²) in [5.41, 5.74) is 4.72. The summed E-state index contributed by atoms with van der Waals surface area (Å²) in [7, 11) is -8.77. The van der Waals surface area contributed by atoms with Gasteiger partial charge in [0.25, 0.3) is 5.01 Å². The average molecular weight is 674 g/mol. The molecule has 2 aromatic carbocycles. The second-order valence-corrected chi connectivity index (χ2v) is 15.8. The van der Waals surface area contributed by atoms with E-state index in [2.05, 4.69) is 11.4 Å². The van der Waals surface area contributed by atoms with Crippen molar-refractivity contribution < 1.29 is 35.2 Å². The van der Waals surface area contributed by atoms with Gasteiger partial charge in [-0.3, -0.25) is 0 Å². The fourth-order valence-corrected chi connectivity index (χ4v) is 8.44. The summed E-state index contributed by atoms with van der Waals surface area (Å²) in [5.74, 6) is 0.0629. The van der Waals surface area contributed by atoms with Crippen LogP contribution >= 0.6 is 34.0 Å². The first-order valence-corrected chi connectivity index (χ1v) is 19.0. The number of thiazole rings is 1. The van der Waals surface area contributed by atoms with Crippen molar-refractivity contribution in [2.75, 3.05) is 23.0 Å². The van der Waals surface area contributed by atoms with Gasteiger partial charge in [-0.15, -0.1) is 11.3 Å². The van der Waals surface area contributed by atoms with Crippen LogP contribution in [0.4, 0.5) is 5.69 Å². The second-order valence-electron chi connectivity index (χ2n) is 9.91. The number of ether oxygens (including phenoxy) is 1. The van der Waals surface area contributed by atoms with E-state index < -0.39 is 31.7 Å². The van der Waals surface area contributed by atoms with Gasteiger partial charge in [0.15, 0.2) is 12.3 Å². The molecule has 1 aliphatic heterocycles. The number of hydrogen-bond acceptors (Lipinski definition) is 11. The molecule has 14 heteroatoms. The van der Waals surface area contributed by atoms with Crippen molar-refractivity contribution >= 4 is 76.2 Å². The van der Waals surface area contributed by atoms with E-state index >= 15 is 0 Å². The number of rotatable bonds is 11. The van der Waals surface area contributed by atoms with Crippen molar-refractivity contribution in [2.24, 2.45) is 0 Å². The third-order valence-corrected chi connectivity index (χ3v) is 11.2. The van der Waals surface area contributed by atoms with E-state index in [-0.39, 0.29) is 25.9 Å². The van der Waals surface area contributed by atoms with Crippen LogP contribution in [-0.2, 0) is 26.8 Å². The number of fused-ring (bicyclic) bond motifs is 2. The van der Waals surface area contributed by atoms with E-state index in [1.807, 2.05) is 74.8 Å². The van der Waals surface area contributed by atoms with E-state index in [4.69, 9.17) is 4.74 Å². The molecule has 5 aromatic rings. The summed E-state index contributed by atoms with van der Waals surface area (Å²) in [6, 6.07) is 17.9. The van der Waals surface area contributed by atoms with Crippen LogP contribution in [-0.4, -0.2) is 44.0 Å². The molecule has 3 aromatic heterocycles. The van der Waals surface area contributed by atoms with Gasteiger partial charge in [-0.1, -0.05) is 23.5 Å². The Hall–Kier alpha value is -3.11. The minimum Gasteiger partial charge on any atom is -0.748 e. The lowest BCUT2D eigenvalue weighted by Gasteiger charge is -2.19. The van der Waals surface area contributed by atoms with Crippen molar-refractivity contribution in [2.45, 2.75) is 19.4 Å². The molecule has 0 saturated carbocycles. The molecule has 1 aliphatic rings. The molecular formula is C29H25N2O7S5-. The SMILES string of the molecule is O=S(=O)([O-])CCCN1C(=Cc2sc3ccc(-c4ccsc4)cc3[n+]2CCCS(=O)(=O)[O-])Oc2ccc(-c3cccs3)cc21. The van der Waals surface area contributed by atoms with Crippen LogP contribution in [0.25, 0.3) is 37.9 Å². The predicted octanol–water partition coefficient (Wildman–Crippen LogP) is 5.71. The Morgan fingerprint density at radius 3 is 2.40 bits per heavy atom. The molecular weight excluding hydrogens is 649 g/mol. The summed E-state index contributed by atoms with van der Waals surface area (Å²) in [5, 5.41) is 6.81. The minimum absolute atomic E-state index is 0.104. The maximum Gasteiger partial charge on any atom is 0.268 e. The predicted molar refractivity (Wildman–Crippen MR) is 169 cm³/mol. The number of aromatic nitrogens is 1. The van der Waals surface area contributed by atoms with E-state index in [1.54, 1.807) is 22.7 Å². The number of thiophene rings is 2. The molecule has 0 spiro atoms. The molecule has 6 rings (SSSR count). The molecule has 0 N–H and O–H groups in total. The van der Waals surface area contributed by atoms with Gasteiger partial charge in [0.1, 0.15) is 4.70 Å². The molecule has 0 saturated heterocycles. The summed E-state index contributed by atoms with van der Waals surface area (Å²) in [6.45, 7) is 0.521. The Bertz CT molecular complexity index is 2010. The fourth-order valence-electron chi connectivity index (χ4n) is 4.99. The summed E-state index contributed by atoms with van der Waals surface area (Å²) in [4.78, 5) is 2.94. The van der Waals surface area contributed by atoms with Gasteiger partial charge in [-0.25, -0.2) is 16.8 Å². The normalized spacial score (nSPS) is 14.5. The van der Waals surface area contributed by atoms with Crippen LogP contribution < -0.4 is 14.2 Å². The van der Waals surface area contributed by atoms with Gasteiger partial charge in [-0.05, 0) is 75.6 Å². The highest BCUT2D eigenvalue weighted by atomic mass is 32.2. The van der Waals surface area contributed by atoms with Crippen LogP contribution in [0.1, 0.15) is 17.8 Å². The molecule has 43 heavy (non-hydrogen) atoms. The zero-order valence-electron chi connectivity index (χ0n) is 22.5. The number of nitrogens with zero attached hydrogens (tertiary/aromatic N) is 2. The lowest BCUT2D eigenvalue weighted by atomic mass is 10.1. The van der Waals surface area contributed by atoms with Gasteiger partial charge >= 0.3 is 0 Å². The standard InChI is InChI=1S/C29H26N2O7S5/c32-42(33,34)14-2-10-30-23-17-21(26-4-1-12-40-26)5-7-25(23)38-28(30)18-29-31(11-3-15-43(35,36)37)24-16-20(6-8-27(24)41-29)22-9-13-39-19-22/h1,4-9,12-13,16-19H,2-3,10-11,14-15H2,(H-,32,33,34,35,36,37)/p-1. The molecule has 0 fully saturated rings. The van der Waals surface area contributed by atoms with Gasteiger partial charge < -0.3 is 18.7 Å². The Labute approximate surface area is 261 Å². The van der Waals surface area contributed by atoms with Crippen LogP contribution in [0.15, 0.2) is 76.6 Å². The monoisotopic (exact) mass is 673 g/mol. The highest BCUT2D eigenvalue weighted by molar-refractivity contribution is 7.85. The lowest BCUT2D eigenvalue weighted by Crippen LogP contribution is -2.36. The van der Waals surface area contributed by atoms with Crippen molar-refractivity contribution in [1.29, 1.82) is 0 Å². The largest absolute Gasteiger partial charge is 0.748 e. The topological polar surface area (TPSA) is 131 Å². The van der Waals surface area contributed by atoms with Gasteiger partial charge in [0.05, 0.1) is 32.0 Å². The Kier molecular flexibility index (Phi) is 8.43. The molecule has 0 atom stereocenters. The molecule has 0 bridgehead atoms. The molecule has 0 unspecified atom stereocenters. The van der Waals surface area contributed by atoms with Gasteiger partial charge in [0.2, 0.25) is 11.4 Å². The summed E-state index contributed by atoms with van der Waals surface area (Å²) in [6.07, 6.45) is 2.08. The molecule has 9 nitrogen and oxygen atoms in total. The summed E-state index contributed by atoms with van der Waals surface area (Å²) < 4.78 is 77.5. The van der Waals surface area contributed by atoms with Crippen LogP contribution in [0.2, 0.25) is 0 Å². The second kappa shape index (κ2) is 12.1. The first-order chi connectivity index (χ1) is 20.5. The summed E-state index contributed by atoms with van der Waals surface area (Å²) >= 11 is 4.69. The van der Waals surface area contributed by atoms with E-state index in [1.165, 1.54) is 11.3 Å². The Balaban J connectivity index is 1.42. The lowest BCUT2D eigenvalue weighted by molar-refractivity contribution is -0.668. The van der Waals surface area contributed by atoms with Crippen LogP contribution in [0, 0.1) is 0 Å². The first kappa shape index (κ1) is 29.9. The van der Waals surface area contributed by atoms with E-state index in [9.17, 15) is 25.9 Å². The zero-order valence-corrected chi connectivity index (χ0v) is 26.6. The zero-order chi connectivity index (χ0) is 30.2. The molecule has 0 amide bonds. The van der Waals surface area contributed by atoms with E-state index in [0.29, 0.717) is 11.6 Å². The van der Waals surface area contributed by atoms with Gasteiger partial charge in [-0.2, -0.15) is 15.9 Å². The smallest absolute Gasteiger partial charge is 0.268 e. The number of aryl methyl sites for hydroxylation is 1. The van der Waals surface area contributed by atoms with E-state index in [0.717, 1.165) is 42.5 Å². The Morgan fingerprint density at radius 1 is 0.884 bits per heavy atom. The van der Waals surface area contributed by atoms with Crippen molar-refractivity contribution in [3.8, 4) is 27.3 Å². The fraction of sp³-hybridized carbons (Fsp3) is 0.207. The highest BCUT2D eigenvalue weighted by Crippen LogP contribution is 2.43. The number of hydrogen-bond donors (Lipinski definition) is 0. The first-order valence-electron chi connectivity index (χ1n) is 13.3. The maximum atomic E-state index is 11.4. The average Bonchev–Trinajstić information content (AvgIpc) is 3.75. The van der Waals surface area contributed by atoms with Crippen molar-refractivity contribution in [3.63, 3.8) is 0 Å². The van der Waals surface area contributed by atoms with Crippen LogP contribution in [0.5, 0.6) is 5.75 Å². The number of anilines is 1. The minimum atomic E-state index is -4.39. The highest BCUT2D eigenvalue weighted by Gasteiger charge is 2.30. The van der Waals surface area contributed by atoms with Gasteiger partial charge in [0, 0.05) is 35.4 Å². The third kappa shape index (κ3) is 7.01.